The highest BCUT2D eigenvalue weighted by Gasteiger charge is 2.14. The van der Waals surface area contributed by atoms with Crippen molar-refractivity contribution in [3.8, 4) is 22.8 Å². The number of aromatic nitrogens is 1. The Balaban J connectivity index is 1.67. The maximum atomic E-state index is 13.2. The molecule has 0 aliphatic carbocycles. The number of benzene rings is 3. The van der Waals surface area contributed by atoms with E-state index in [1.54, 1.807) is 20.3 Å². The van der Waals surface area contributed by atoms with E-state index in [-0.39, 0.29) is 5.91 Å². The largest absolute Gasteiger partial charge is 0.493 e. The summed E-state index contributed by atoms with van der Waals surface area (Å²) in [6, 6.07) is 23.0. The van der Waals surface area contributed by atoms with Crippen LogP contribution >= 0.6 is 0 Å². The molecule has 33 heavy (non-hydrogen) atoms. The van der Waals surface area contributed by atoms with Crippen molar-refractivity contribution < 1.29 is 14.3 Å². The average Bonchev–Trinajstić information content (AvgIpc) is 2.86. The molecule has 1 aromatic heterocycles. The lowest BCUT2D eigenvalue weighted by atomic mass is 10.0. The van der Waals surface area contributed by atoms with E-state index in [2.05, 4.69) is 10.5 Å². The first-order valence-corrected chi connectivity index (χ1v) is 10.5. The van der Waals surface area contributed by atoms with E-state index >= 15 is 0 Å². The number of para-hydroxylation sites is 1. The second kappa shape index (κ2) is 9.53. The fourth-order valence-electron chi connectivity index (χ4n) is 3.56. The van der Waals surface area contributed by atoms with Crippen LogP contribution in [0, 0.1) is 6.92 Å². The summed E-state index contributed by atoms with van der Waals surface area (Å²) in [5.41, 5.74) is 8.26. The number of nitrogens with one attached hydrogen (secondary N) is 1. The summed E-state index contributed by atoms with van der Waals surface area (Å²) in [7, 11) is 3.17. The lowest BCUT2D eigenvalue weighted by Gasteiger charge is -2.11. The van der Waals surface area contributed by atoms with Crippen LogP contribution in [0.15, 0.2) is 77.9 Å². The van der Waals surface area contributed by atoms with Crippen LogP contribution in [0.25, 0.3) is 22.2 Å². The van der Waals surface area contributed by atoms with Gasteiger partial charge in [0.1, 0.15) is 0 Å². The Bertz CT molecular complexity index is 1340. The van der Waals surface area contributed by atoms with Crippen LogP contribution in [0.1, 0.15) is 28.4 Å². The van der Waals surface area contributed by atoms with Gasteiger partial charge in [0, 0.05) is 16.5 Å². The third kappa shape index (κ3) is 4.70. The Kier molecular flexibility index (Phi) is 6.36. The van der Waals surface area contributed by atoms with Crippen molar-refractivity contribution in [3.05, 3.63) is 89.5 Å². The van der Waals surface area contributed by atoms with Gasteiger partial charge in [-0.15, -0.1) is 0 Å². The van der Waals surface area contributed by atoms with Crippen LogP contribution < -0.4 is 14.9 Å². The molecule has 0 unspecified atom stereocenters. The van der Waals surface area contributed by atoms with Crippen molar-refractivity contribution in [2.24, 2.45) is 5.10 Å². The van der Waals surface area contributed by atoms with E-state index in [0.29, 0.717) is 22.8 Å². The molecule has 0 radical (unpaired) electrons. The van der Waals surface area contributed by atoms with Crippen LogP contribution in [0.4, 0.5) is 0 Å². The predicted octanol–water partition coefficient (Wildman–Crippen LogP) is 5.38. The summed E-state index contributed by atoms with van der Waals surface area (Å²) in [6.07, 6.45) is 0. The minimum Gasteiger partial charge on any atom is -0.493 e. The van der Waals surface area contributed by atoms with Gasteiger partial charge >= 0.3 is 0 Å². The molecular weight excluding hydrogens is 414 g/mol. The maximum Gasteiger partial charge on any atom is 0.272 e. The fraction of sp³-hybridized carbons (Fsp3) is 0.148. The SMILES string of the molecule is COc1ccc(/C(C)=N\NC(=O)c2cc(-c3ccc(C)cc3)nc3ccccc23)cc1OC. The molecule has 0 saturated carbocycles. The Morgan fingerprint density at radius 3 is 2.36 bits per heavy atom. The molecule has 0 atom stereocenters. The number of hydrazone groups is 1. The number of fused-ring (bicyclic) bond motifs is 1. The molecule has 0 saturated heterocycles. The zero-order chi connectivity index (χ0) is 23.4. The molecule has 6 heteroatoms. The first-order valence-electron chi connectivity index (χ1n) is 10.5. The zero-order valence-corrected chi connectivity index (χ0v) is 19.0. The number of amides is 1. The second-order valence-corrected chi connectivity index (χ2v) is 7.65. The van der Waals surface area contributed by atoms with Gasteiger partial charge in [-0.3, -0.25) is 4.79 Å². The van der Waals surface area contributed by atoms with Gasteiger partial charge in [0.2, 0.25) is 0 Å². The minimum absolute atomic E-state index is 0.304. The lowest BCUT2D eigenvalue weighted by molar-refractivity contribution is 0.0956. The highest BCUT2D eigenvalue weighted by molar-refractivity contribution is 6.08. The Morgan fingerprint density at radius 1 is 0.909 bits per heavy atom. The van der Waals surface area contributed by atoms with Crippen molar-refractivity contribution in [2.75, 3.05) is 14.2 Å². The molecule has 6 nitrogen and oxygen atoms in total. The van der Waals surface area contributed by atoms with E-state index < -0.39 is 0 Å². The minimum atomic E-state index is -0.304. The number of methoxy groups -OCH3 is 2. The van der Waals surface area contributed by atoms with Crippen LogP contribution in [0.3, 0.4) is 0 Å². The molecule has 0 aliphatic heterocycles. The number of rotatable bonds is 6. The molecule has 4 aromatic rings. The van der Waals surface area contributed by atoms with Crippen LogP contribution in [-0.2, 0) is 0 Å². The summed E-state index contributed by atoms with van der Waals surface area (Å²) in [4.78, 5) is 17.9. The number of hydrogen-bond acceptors (Lipinski definition) is 5. The molecule has 0 aliphatic rings. The lowest BCUT2D eigenvalue weighted by Crippen LogP contribution is -2.20. The standard InChI is InChI=1S/C27H25N3O3/c1-17-9-11-19(12-10-17)24-16-22(21-7-5-6-8-23(21)28-24)27(31)30-29-18(2)20-13-14-25(32-3)26(15-20)33-4/h5-16H,1-4H3,(H,30,31)/b29-18-. The first-order chi connectivity index (χ1) is 16.0. The molecule has 4 rings (SSSR count). The van der Waals surface area contributed by atoms with Crippen LogP contribution in [-0.4, -0.2) is 30.8 Å². The van der Waals surface area contributed by atoms with Gasteiger partial charge < -0.3 is 9.47 Å². The third-order valence-electron chi connectivity index (χ3n) is 5.43. The number of aryl methyl sites for hydroxylation is 1. The molecule has 1 N–H and O–H groups in total. The monoisotopic (exact) mass is 439 g/mol. The number of hydrogen-bond donors (Lipinski definition) is 1. The first kappa shape index (κ1) is 22.0. The summed E-state index contributed by atoms with van der Waals surface area (Å²) in [5, 5.41) is 5.09. The summed E-state index contributed by atoms with van der Waals surface area (Å²) < 4.78 is 10.6. The van der Waals surface area contributed by atoms with Gasteiger partial charge in [-0.25, -0.2) is 10.4 Å². The van der Waals surface area contributed by atoms with Gasteiger partial charge in [0.25, 0.3) is 5.91 Å². The van der Waals surface area contributed by atoms with E-state index in [4.69, 9.17) is 14.5 Å². The predicted molar refractivity (Wildman–Crippen MR) is 131 cm³/mol. The summed E-state index contributed by atoms with van der Waals surface area (Å²) in [5.74, 6) is 0.922. The molecule has 0 spiro atoms. The van der Waals surface area contributed by atoms with Gasteiger partial charge in [-0.1, -0.05) is 48.0 Å². The average molecular weight is 440 g/mol. The molecule has 0 fully saturated rings. The highest BCUT2D eigenvalue weighted by Crippen LogP contribution is 2.28. The van der Waals surface area contributed by atoms with Crippen molar-refractivity contribution in [3.63, 3.8) is 0 Å². The topological polar surface area (TPSA) is 72.8 Å². The highest BCUT2D eigenvalue weighted by atomic mass is 16.5. The van der Waals surface area contributed by atoms with E-state index in [9.17, 15) is 4.79 Å². The molecule has 166 valence electrons. The number of carbonyl (C=O) groups excluding carboxylic acids is 1. The quantitative estimate of drug-likeness (QED) is 0.323. The van der Waals surface area contributed by atoms with Crippen LogP contribution in [0.2, 0.25) is 0 Å². The van der Waals surface area contributed by atoms with Crippen molar-refractivity contribution >= 4 is 22.5 Å². The van der Waals surface area contributed by atoms with E-state index in [0.717, 1.165) is 33.3 Å². The zero-order valence-electron chi connectivity index (χ0n) is 19.0. The van der Waals surface area contributed by atoms with Crippen molar-refractivity contribution in [2.45, 2.75) is 13.8 Å². The summed E-state index contributed by atoms with van der Waals surface area (Å²) >= 11 is 0. The smallest absolute Gasteiger partial charge is 0.272 e. The number of ether oxygens (including phenoxy) is 2. The van der Waals surface area contributed by atoms with Gasteiger partial charge in [-0.05, 0) is 44.2 Å². The van der Waals surface area contributed by atoms with Gasteiger partial charge in [0.05, 0.1) is 36.7 Å². The Hall–Kier alpha value is -4.19. The number of nitrogens with zero attached hydrogens (tertiary/aromatic N) is 2. The Labute approximate surface area is 192 Å². The van der Waals surface area contributed by atoms with E-state index in [1.165, 1.54) is 0 Å². The molecule has 3 aromatic carbocycles. The van der Waals surface area contributed by atoms with Crippen LogP contribution in [0.5, 0.6) is 11.5 Å². The molecule has 1 heterocycles. The summed E-state index contributed by atoms with van der Waals surface area (Å²) in [6.45, 7) is 3.86. The van der Waals surface area contributed by atoms with E-state index in [1.807, 2.05) is 80.6 Å². The molecule has 1 amide bonds. The number of carbonyl (C=O) groups is 1. The van der Waals surface area contributed by atoms with Gasteiger partial charge in [0.15, 0.2) is 11.5 Å². The van der Waals surface area contributed by atoms with Crippen molar-refractivity contribution in [1.82, 2.24) is 10.4 Å². The fourth-order valence-corrected chi connectivity index (χ4v) is 3.56. The molecule has 0 bridgehead atoms. The third-order valence-corrected chi connectivity index (χ3v) is 5.43. The second-order valence-electron chi connectivity index (χ2n) is 7.65. The normalized spacial score (nSPS) is 11.3. The van der Waals surface area contributed by atoms with Gasteiger partial charge in [-0.2, -0.15) is 5.10 Å². The molecular formula is C27H25N3O3. The Morgan fingerprint density at radius 2 is 1.64 bits per heavy atom. The number of pyridine rings is 1. The maximum absolute atomic E-state index is 13.2. The van der Waals surface area contributed by atoms with Crippen molar-refractivity contribution in [1.29, 1.82) is 0 Å².